The van der Waals surface area contributed by atoms with E-state index in [2.05, 4.69) is 28.7 Å². The molecule has 0 bridgehead atoms. The van der Waals surface area contributed by atoms with Crippen molar-refractivity contribution in [3.63, 3.8) is 0 Å². The van der Waals surface area contributed by atoms with Gasteiger partial charge in [0.1, 0.15) is 5.82 Å². The summed E-state index contributed by atoms with van der Waals surface area (Å²) >= 11 is 0. The normalized spacial score (nSPS) is 18.5. The summed E-state index contributed by atoms with van der Waals surface area (Å²) in [6, 6.07) is 4.01. The molecule has 3 heterocycles. The molecule has 25 heavy (non-hydrogen) atoms. The Hall–Kier alpha value is -2.34. The van der Waals surface area contributed by atoms with Crippen molar-refractivity contribution in [1.29, 1.82) is 0 Å². The number of rotatable bonds is 4. The second kappa shape index (κ2) is 7.27. The van der Waals surface area contributed by atoms with Gasteiger partial charge in [-0.3, -0.25) is 4.98 Å². The molecule has 6 heteroatoms. The van der Waals surface area contributed by atoms with Gasteiger partial charge in [0.25, 0.3) is 0 Å². The van der Waals surface area contributed by atoms with Gasteiger partial charge in [0.05, 0.1) is 11.3 Å². The molecule has 0 spiro atoms. The zero-order chi connectivity index (χ0) is 18.0. The van der Waals surface area contributed by atoms with E-state index < -0.39 is 5.97 Å². The summed E-state index contributed by atoms with van der Waals surface area (Å²) in [5.74, 6) is 0.173. The number of pyridine rings is 1. The minimum Gasteiger partial charge on any atom is -0.478 e. The monoisotopic (exact) mass is 340 g/mol. The molecule has 1 aliphatic rings. The van der Waals surface area contributed by atoms with E-state index in [-0.39, 0.29) is 5.56 Å². The number of aromatic carboxylic acids is 1. The molecule has 1 fully saturated rings. The van der Waals surface area contributed by atoms with E-state index in [4.69, 9.17) is 4.98 Å². The largest absolute Gasteiger partial charge is 0.478 e. The van der Waals surface area contributed by atoms with Gasteiger partial charge >= 0.3 is 5.97 Å². The highest BCUT2D eigenvalue weighted by atomic mass is 16.4. The van der Waals surface area contributed by atoms with Gasteiger partial charge < -0.3 is 10.0 Å². The molecule has 0 saturated carbocycles. The van der Waals surface area contributed by atoms with Crippen LogP contribution in [0.5, 0.6) is 0 Å². The number of likely N-dealkylation sites (tertiary alicyclic amines) is 1. The van der Waals surface area contributed by atoms with Gasteiger partial charge in [0.2, 0.25) is 0 Å². The molecule has 1 aliphatic heterocycles. The highest BCUT2D eigenvalue weighted by molar-refractivity contribution is 5.88. The van der Waals surface area contributed by atoms with Crippen molar-refractivity contribution in [2.24, 2.45) is 0 Å². The first-order chi connectivity index (χ1) is 11.9. The van der Waals surface area contributed by atoms with Crippen LogP contribution >= 0.6 is 0 Å². The average molecular weight is 340 g/mol. The molecule has 0 aliphatic carbocycles. The standard InChI is InChI=1S/C19H24N4O2/c1-12(2)23-6-4-5-14(11-23)18-21-13(3)7-17(22-18)15-8-16(19(24)25)10-20-9-15/h7-10,12,14H,4-6,11H2,1-3H3,(H,24,25). The lowest BCUT2D eigenvalue weighted by atomic mass is 9.96. The average Bonchev–Trinajstić information content (AvgIpc) is 2.61. The van der Waals surface area contributed by atoms with Crippen LogP contribution in [-0.2, 0) is 0 Å². The van der Waals surface area contributed by atoms with Gasteiger partial charge in [0.15, 0.2) is 0 Å². The fourth-order valence-corrected chi connectivity index (χ4v) is 3.31. The Balaban J connectivity index is 1.93. The molecule has 2 aromatic heterocycles. The number of hydrogen-bond donors (Lipinski definition) is 1. The lowest BCUT2D eigenvalue weighted by Gasteiger charge is -2.34. The topological polar surface area (TPSA) is 79.2 Å². The summed E-state index contributed by atoms with van der Waals surface area (Å²) in [4.78, 5) is 27.1. The third-order valence-corrected chi connectivity index (χ3v) is 4.70. The molecule has 0 radical (unpaired) electrons. The Morgan fingerprint density at radius 2 is 2.08 bits per heavy atom. The number of carboxylic acids is 1. The van der Waals surface area contributed by atoms with Crippen LogP contribution < -0.4 is 0 Å². The summed E-state index contributed by atoms with van der Waals surface area (Å²) in [6.45, 7) is 8.47. The van der Waals surface area contributed by atoms with Gasteiger partial charge in [-0.1, -0.05) is 0 Å². The maximum absolute atomic E-state index is 11.2. The van der Waals surface area contributed by atoms with Crippen LogP contribution in [0.3, 0.4) is 0 Å². The van der Waals surface area contributed by atoms with Crippen molar-refractivity contribution >= 4 is 5.97 Å². The molecular weight excluding hydrogens is 316 g/mol. The van der Waals surface area contributed by atoms with Gasteiger partial charge in [-0.05, 0) is 52.3 Å². The van der Waals surface area contributed by atoms with Crippen LogP contribution in [0.15, 0.2) is 24.5 Å². The molecule has 1 atom stereocenters. The van der Waals surface area contributed by atoms with Crippen LogP contribution in [0, 0.1) is 6.92 Å². The van der Waals surface area contributed by atoms with Crippen LogP contribution in [0.25, 0.3) is 11.3 Å². The maximum Gasteiger partial charge on any atom is 0.337 e. The van der Waals surface area contributed by atoms with E-state index in [9.17, 15) is 9.90 Å². The molecule has 3 rings (SSSR count). The van der Waals surface area contributed by atoms with Crippen molar-refractivity contribution < 1.29 is 9.90 Å². The molecular formula is C19H24N4O2. The predicted molar refractivity (Wildman–Crippen MR) is 95.6 cm³/mol. The summed E-state index contributed by atoms with van der Waals surface area (Å²) in [5, 5.41) is 9.17. The van der Waals surface area contributed by atoms with Crippen molar-refractivity contribution in [3.8, 4) is 11.3 Å². The summed E-state index contributed by atoms with van der Waals surface area (Å²) in [7, 11) is 0. The van der Waals surface area contributed by atoms with Crippen LogP contribution in [0.2, 0.25) is 0 Å². The Bertz CT molecular complexity index is 776. The van der Waals surface area contributed by atoms with Crippen LogP contribution in [0.4, 0.5) is 0 Å². The second-order valence-corrected chi connectivity index (χ2v) is 6.95. The van der Waals surface area contributed by atoms with E-state index in [0.29, 0.717) is 17.5 Å². The molecule has 132 valence electrons. The Morgan fingerprint density at radius 1 is 1.28 bits per heavy atom. The fourth-order valence-electron chi connectivity index (χ4n) is 3.31. The first kappa shape index (κ1) is 17.5. The zero-order valence-corrected chi connectivity index (χ0v) is 14.9. The van der Waals surface area contributed by atoms with Gasteiger partial charge in [-0.25, -0.2) is 14.8 Å². The smallest absolute Gasteiger partial charge is 0.337 e. The van der Waals surface area contributed by atoms with E-state index in [1.54, 1.807) is 12.3 Å². The van der Waals surface area contributed by atoms with E-state index in [0.717, 1.165) is 43.1 Å². The maximum atomic E-state index is 11.2. The number of piperidine rings is 1. The summed E-state index contributed by atoms with van der Waals surface area (Å²) < 4.78 is 0. The van der Waals surface area contributed by atoms with Crippen molar-refractivity contribution in [2.75, 3.05) is 13.1 Å². The Kier molecular flexibility index (Phi) is 5.08. The van der Waals surface area contributed by atoms with Gasteiger partial charge in [0, 0.05) is 42.2 Å². The lowest BCUT2D eigenvalue weighted by Crippen LogP contribution is -2.39. The first-order valence-electron chi connectivity index (χ1n) is 8.72. The van der Waals surface area contributed by atoms with Crippen molar-refractivity contribution in [3.05, 3.63) is 41.6 Å². The predicted octanol–water partition coefficient (Wildman–Crippen LogP) is 3.13. The number of nitrogens with zero attached hydrogens (tertiary/aromatic N) is 4. The SMILES string of the molecule is Cc1cc(-c2cncc(C(=O)O)c2)nc(C2CCCN(C(C)C)C2)n1. The molecule has 2 aromatic rings. The second-order valence-electron chi connectivity index (χ2n) is 6.95. The summed E-state index contributed by atoms with van der Waals surface area (Å²) in [5.41, 5.74) is 2.50. The third-order valence-electron chi connectivity index (χ3n) is 4.70. The molecule has 0 amide bonds. The van der Waals surface area contributed by atoms with Crippen LogP contribution in [0.1, 0.15) is 54.5 Å². The molecule has 6 nitrogen and oxygen atoms in total. The molecule has 1 N–H and O–H groups in total. The number of aromatic nitrogens is 3. The molecule has 0 aromatic carbocycles. The summed E-state index contributed by atoms with van der Waals surface area (Å²) in [6.07, 6.45) is 5.23. The molecule has 1 unspecified atom stereocenters. The van der Waals surface area contributed by atoms with E-state index >= 15 is 0 Å². The molecule has 1 saturated heterocycles. The van der Waals surface area contributed by atoms with Gasteiger partial charge in [-0.2, -0.15) is 0 Å². The fraction of sp³-hybridized carbons (Fsp3) is 0.474. The number of aryl methyl sites for hydroxylation is 1. The number of carboxylic acid groups (broad SMARTS) is 1. The lowest BCUT2D eigenvalue weighted by molar-refractivity contribution is 0.0696. The minimum atomic E-state index is -0.986. The minimum absolute atomic E-state index is 0.166. The zero-order valence-electron chi connectivity index (χ0n) is 14.9. The first-order valence-corrected chi connectivity index (χ1v) is 8.72. The van der Waals surface area contributed by atoms with E-state index in [1.807, 2.05) is 13.0 Å². The highest BCUT2D eigenvalue weighted by Gasteiger charge is 2.25. The number of hydrogen-bond acceptors (Lipinski definition) is 5. The number of carbonyl (C=O) groups is 1. The quantitative estimate of drug-likeness (QED) is 0.921. The third kappa shape index (κ3) is 4.02. The Labute approximate surface area is 148 Å². The van der Waals surface area contributed by atoms with Crippen molar-refractivity contribution in [1.82, 2.24) is 19.9 Å². The van der Waals surface area contributed by atoms with E-state index in [1.165, 1.54) is 6.20 Å². The van der Waals surface area contributed by atoms with Crippen molar-refractivity contribution in [2.45, 2.75) is 45.6 Å². The Morgan fingerprint density at radius 3 is 2.80 bits per heavy atom. The highest BCUT2D eigenvalue weighted by Crippen LogP contribution is 2.28. The van der Waals surface area contributed by atoms with Gasteiger partial charge in [-0.15, -0.1) is 0 Å². The van der Waals surface area contributed by atoms with Crippen LogP contribution in [-0.4, -0.2) is 50.1 Å².